The van der Waals surface area contributed by atoms with Crippen LogP contribution in [0.15, 0.2) is 24.3 Å². The molecule has 1 aromatic rings. The molecular weight excluding hydrogens is 272 g/mol. The lowest BCUT2D eigenvalue weighted by Gasteiger charge is -2.36. The number of hydrogen-bond donors (Lipinski definition) is 1. The molecule has 1 aliphatic heterocycles. The van der Waals surface area contributed by atoms with Crippen molar-refractivity contribution in [2.24, 2.45) is 5.73 Å². The van der Waals surface area contributed by atoms with Crippen molar-refractivity contribution in [1.29, 1.82) is 0 Å². The van der Waals surface area contributed by atoms with Crippen LogP contribution in [-0.4, -0.2) is 43.5 Å². The van der Waals surface area contributed by atoms with Gasteiger partial charge < -0.3 is 5.73 Å². The summed E-state index contributed by atoms with van der Waals surface area (Å²) in [6.45, 7) is 5.40. The largest absolute Gasteiger partial charge is 0.329 e. The average molecular weight is 296 g/mol. The first-order valence-corrected chi connectivity index (χ1v) is 8.88. The Bertz CT molecular complexity index is 555. The molecule has 1 atom stereocenters. The molecule has 2 rings (SSSR count). The Morgan fingerprint density at radius 2 is 1.95 bits per heavy atom. The summed E-state index contributed by atoms with van der Waals surface area (Å²) in [6.07, 6.45) is 0.911. The van der Waals surface area contributed by atoms with Crippen molar-refractivity contribution in [3.8, 4) is 0 Å². The van der Waals surface area contributed by atoms with E-state index in [2.05, 4.69) is 17.0 Å². The SMILES string of the molecule is CC(C)S(=O)(=O)CCN1Cc2ccccc2CC1CN. The summed E-state index contributed by atoms with van der Waals surface area (Å²) in [4.78, 5) is 2.21. The number of nitrogens with two attached hydrogens (primary N) is 1. The third-order valence-corrected chi connectivity index (χ3v) is 6.31. The minimum Gasteiger partial charge on any atom is -0.329 e. The maximum atomic E-state index is 12.0. The van der Waals surface area contributed by atoms with E-state index < -0.39 is 9.84 Å². The standard InChI is InChI=1S/C15H24N2O2S/c1-12(2)20(18,19)8-7-17-11-14-6-4-3-5-13(14)9-15(17)10-16/h3-6,12,15H,7-11,16H2,1-2H3. The molecule has 0 spiro atoms. The zero-order chi connectivity index (χ0) is 14.8. The summed E-state index contributed by atoms with van der Waals surface area (Å²) in [7, 11) is -2.99. The van der Waals surface area contributed by atoms with Crippen LogP contribution < -0.4 is 5.73 Å². The van der Waals surface area contributed by atoms with Crippen LogP contribution in [0.5, 0.6) is 0 Å². The van der Waals surface area contributed by atoms with Crippen molar-refractivity contribution >= 4 is 9.84 Å². The zero-order valence-corrected chi connectivity index (χ0v) is 13.1. The maximum absolute atomic E-state index is 12.0. The lowest BCUT2D eigenvalue weighted by atomic mass is 9.94. The number of benzene rings is 1. The molecule has 0 amide bonds. The molecule has 1 heterocycles. The van der Waals surface area contributed by atoms with Gasteiger partial charge in [-0.25, -0.2) is 8.42 Å². The average Bonchev–Trinajstić information content (AvgIpc) is 2.43. The molecule has 1 aromatic carbocycles. The van der Waals surface area contributed by atoms with E-state index in [0.29, 0.717) is 13.1 Å². The van der Waals surface area contributed by atoms with Gasteiger partial charge in [0.25, 0.3) is 0 Å². The van der Waals surface area contributed by atoms with Gasteiger partial charge in [0.1, 0.15) is 0 Å². The Kier molecular flexibility index (Phi) is 4.83. The third-order valence-electron chi connectivity index (χ3n) is 4.12. The van der Waals surface area contributed by atoms with Crippen molar-refractivity contribution in [3.63, 3.8) is 0 Å². The van der Waals surface area contributed by atoms with Gasteiger partial charge in [-0.3, -0.25) is 4.90 Å². The molecular formula is C15H24N2O2S. The quantitative estimate of drug-likeness (QED) is 0.886. The van der Waals surface area contributed by atoms with Crippen LogP contribution in [0.1, 0.15) is 25.0 Å². The third kappa shape index (κ3) is 3.40. The van der Waals surface area contributed by atoms with Crippen LogP contribution in [0.3, 0.4) is 0 Å². The molecule has 0 fully saturated rings. The second kappa shape index (κ2) is 6.24. The van der Waals surface area contributed by atoms with E-state index in [9.17, 15) is 8.42 Å². The van der Waals surface area contributed by atoms with Crippen LogP contribution in [0.4, 0.5) is 0 Å². The smallest absolute Gasteiger partial charge is 0.153 e. The zero-order valence-electron chi connectivity index (χ0n) is 12.2. The summed E-state index contributed by atoms with van der Waals surface area (Å²) in [5.74, 6) is 0.212. The van der Waals surface area contributed by atoms with Crippen LogP contribution in [-0.2, 0) is 22.8 Å². The first kappa shape index (κ1) is 15.5. The summed E-state index contributed by atoms with van der Waals surface area (Å²) < 4.78 is 23.9. The first-order chi connectivity index (χ1) is 9.44. The van der Waals surface area contributed by atoms with Crippen molar-refractivity contribution in [2.75, 3.05) is 18.8 Å². The van der Waals surface area contributed by atoms with E-state index in [1.54, 1.807) is 13.8 Å². The molecule has 1 unspecified atom stereocenters. The highest BCUT2D eigenvalue weighted by molar-refractivity contribution is 7.92. The van der Waals surface area contributed by atoms with Gasteiger partial charge in [0.15, 0.2) is 9.84 Å². The van der Waals surface area contributed by atoms with E-state index in [1.807, 2.05) is 12.1 Å². The molecule has 20 heavy (non-hydrogen) atoms. The second-order valence-electron chi connectivity index (χ2n) is 5.75. The van der Waals surface area contributed by atoms with Crippen LogP contribution in [0.25, 0.3) is 0 Å². The molecule has 0 aliphatic carbocycles. The van der Waals surface area contributed by atoms with Gasteiger partial charge in [-0.05, 0) is 31.4 Å². The molecule has 112 valence electrons. The molecule has 5 heteroatoms. The summed E-state index contributed by atoms with van der Waals surface area (Å²) in [5.41, 5.74) is 8.49. The predicted octanol–water partition coefficient (Wildman–Crippen LogP) is 1.20. The number of rotatable bonds is 5. The Balaban J connectivity index is 2.08. The highest BCUT2D eigenvalue weighted by atomic mass is 32.2. The van der Waals surface area contributed by atoms with Gasteiger partial charge in [0, 0.05) is 25.7 Å². The maximum Gasteiger partial charge on any atom is 0.153 e. The summed E-state index contributed by atoms with van der Waals surface area (Å²) in [5, 5.41) is -0.309. The molecule has 2 N–H and O–H groups in total. The molecule has 0 saturated carbocycles. The normalized spacial score (nSPS) is 20.1. The van der Waals surface area contributed by atoms with E-state index in [1.165, 1.54) is 11.1 Å². The van der Waals surface area contributed by atoms with Crippen LogP contribution >= 0.6 is 0 Å². The Hall–Kier alpha value is -0.910. The number of fused-ring (bicyclic) bond motifs is 1. The Morgan fingerprint density at radius 3 is 2.55 bits per heavy atom. The van der Waals surface area contributed by atoms with Gasteiger partial charge in [-0.1, -0.05) is 24.3 Å². The molecule has 1 aliphatic rings. The van der Waals surface area contributed by atoms with E-state index in [0.717, 1.165) is 13.0 Å². The Labute approximate surface area is 121 Å². The number of sulfone groups is 1. The molecule has 4 nitrogen and oxygen atoms in total. The number of nitrogens with zero attached hydrogens (tertiary/aromatic N) is 1. The number of hydrogen-bond acceptors (Lipinski definition) is 4. The highest BCUT2D eigenvalue weighted by Gasteiger charge is 2.26. The van der Waals surface area contributed by atoms with Crippen molar-refractivity contribution in [2.45, 2.75) is 38.1 Å². The van der Waals surface area contributed by atoms with Gasteiger partial charge >= 0.3 is 0 Å². The fraction of sp³-hybridized carbons (Fsp3) is 0.600. The fourth-order valence-corrected chi connectivity index (χ4v) is 3.58. The minimum atomic E-state index is -2.99. The second-order valence-corrected chi connectivity index (χ2v) is 8.43. The monoisotopic (exact) mass is 296 g/mol. The van der Waals surface area contributed by atoms with Gasteiger partial charge in [0.05, 0.1) is 11.0 Å². The van der Waals surface area contributed by atoms with Gasteiger partial charge in [-0.15, -0.1) is 0 Å². The first-order valence-electron chi connectivity index (χ1n) is 7.16. The Morgan fingerprint density at radius 1 is 1.30 bits per heavy atom. The summed E-state index contributed by atoms with van der Waals surface area (Å²) in [6, 6.07) is 8.58. The van der Waals surface area contributed by atoms with Crippen molar-refractivity contribution in [3.05, 3.63) is 35.4 Å². The van der Waals surface area contributed by atoms with E-state index >= 15 is 0 Å². The van der Waals surface area contributed by atoms with Crippen LogP contribution in [0, 0.1) is 0 Å². The van der Waals surface area contributed by atoms with Crippen molar-refractivity contribution < 1.29 is 8.42 Å². The predicted molar refractivity (Wildman–Crippen MR) is 82.3 cm³/mol. The molecule has 0 radical (unpaired) electrons. The topological polar surface area (TPSA) is 63.4 Å². The molecule has 0 saturated heterocycles. The highest BCUT2D eigenvalue weighted by Crippen LogP contribution is 2.22. The van der Waals surface area contributed by atoms with Crippen LogP contribution in [0.2, 0.25) is 0 Å². The van der Waals surface area contributed by atoms with Gasteiger partial charge in [-0.2, -0.15) is 0 Å². The summed E-state index contributed by atoms with van der Waals surface area (Å²) >= 11 is 0. The van der Waals surface area contributed by atoms with E-state index in [-0.39, 0.29) is 17.0 Å². The van der Waals surface area contributed by atoms with Gasteiger partial charge in [0.2, 0.25) is 0 Å². The van der Waals surface area contributed by atoms with Crippen molar-refractivity contribution in [1.82, 2.24) is 4.90 Å². The lowest BCUT2D eigenvalue weighted by Crippen LogP contribution is -2.47. The molecule has 0 bridgehead atoms. The fourth-order valence-electron chi connectivity index (χ4n) is 2.62. The molecule has 0 aromatic heterocycles. The van der Waals surface area contributed by atoms with E-state index in [4.69, 9.17) is 5.73 Å². The lowest BCUT2D eigenvalue weighted by molar-refractivity contribution is 0.186. The minimum absolute atomic E-state index is 0.212.